The van der Waals surface area contributed by atoms with E-state index in [4.69, 9.17) is 4.74 Å². The minimum Gasteiger partial charge on any atom is -0.467 e. The number of carbonyl (C=O) groups excluding carboxylic acids is 1. The maximum absolute atomic E-state index is 12.7. The Bertz CT molecular complexity index is 899. The number of thiophene rings is 1. The van der Waals surface area contributed by atoms with Crippen molar-refractivity contribution < 1.29 is 9.53 Å². The number of hydrogen-bond acceptors (Lipinski definition) is 5. The van der Waals surface area contributed by atoms with Crippen molar-refractivity contribution in [2.24, 2.45) is 0 Å². The Kier molecular flexibility index (Phi) is 4.25. The molecule has 0 radical (unpaired) electrons. The third kappa shape index (κ3) is 2.77. The Balaban J connectivity index is 2.13. The van der Waals surface area contributed by atoms with Gasteiger partial charge in [0.15, 0.2) is 0 Å². The van der Waals surface area contributed by atoms with Crippen LogP contribution in [0.5, 0.6) is 0 Å². The Morgan fingerprint density at radius 1 is 1.35 bits per heavy atom. The molecule has 0 saturated carbocycles. The molecule has 0 fully saturated rings. The van der Waals surface area contributed by atoms with Crippen LogP contribution in [0.1, 0.15) is 19.4 Å². The lowest BCUT2D eigenvalue weighted by molar-refractivity contribution is -0.144. The average Bonchev–Trinajstić information content (AvgIpc) is 3.03. The number of benzene rings is 1. The lowest BCUT2D eigenvalue weighted by Crippen LogP contribution is -2.30. The highest BCUT2D eigenvalue weighted by atomic mass is 32.1. The van der Waals surface area contributed by atoms with E-state index in [1.54, 1.807) is 0 Å². The molecule has 0 aliphatic rings. The molecular weight excluding hydrogens is 312 g/mol. The first kappa shape index (κ1) is 15.4. The topological polar surface area (TPSA) is 61.2 Å². The van der Waals surface area contributed by atoms with Gasteiger partial charge in [0.25, 0.3) is 5.56 Å². The summed E-state index contributed by atoms with van der Waals surface area (Å²) in [6.45, 7) is 1.83. The van der Waals surface area contributed by atoms with Crippen molar-refractivity contribution >= 4 is 27.5 Å². The number of nitrogens with zero attached hydrogens (tertiary/aromatic N) is 2. The molecule has 0 aliphatic carbocycles. The number of rotatable bonds is 4. The third-order valence-electron chi connectivity index (χ3n) is 3.73. The molecule has 0 amide bonds. The molecule has 0 N–H and O–H groups in total. The molecule has 6 heteroatoms. The third-order valence-corrected chi connectivity index (χ3v) is 4.82. The van der Waals surface area contributed by atoms with Gasteiger partial charge in [-0.25, -0.2) is 9.78 Å². The summed E-state index contributed by atoms with van der Waals surface area (Å²) in [6.07, 6.45) is 1.90. The van der Waals surface area contributed by atoms with Gasteiger partial charge in [-0.3, -0.25) is 9.36 Å². The van der Waals surface area contributed by atoms with Gasteiger partial charge < -0.3 is 4.74 Å². The second-order valence-corrected chi connectivity index (χ2v) is 6.13. The number of esters is 1. The second-order valence-electron chi connectivity index (χ2n) is 5.10. The predicted octanol–water partition coefficient (Wildman–Crippen LogP) is 3.25. The van der Waals surface area contributed by atoms with E-state index < -0.39 is 12.0 Å². The summed E-state index contributed by atoms with van der Waals surface area (Å²) >= 11 is 1.47. The van der Waals surface area contributed by atoms with Crippen molar-refractivity contribution in [1.82, 2.24) is 9.55 Å². The smallest absolute Gasteiger partial charge is 0.329 e. The van der Waals surface area contributed by atoms with Crippen LogP contribution in [0.15, 0.2) is 47.5 Å². The monoisotopic (exact) mass is 328 g/mol. The van der Waals surface area contributed by atoms with Gasteiger partial charge in [0.1, 0.15) is 10.9 Å². The van der Waals surface area contributed by atoms with E-state index in [1.807, 2.05) is 43.3 Å². The average molecular weight is 328 g/mol. The Morgan fingerprint density at radius 3 is 2.74 bits per heavy atom. The van der Waals surface area contributed by atoms with Gasteiger partial charge >= 0.3 is 5.97 Å². The quantitative estimate of drug-likeness (QED) is 0.690. The lowest BCUT2D eigenvalue weighted by Gasteiger charge is -2.14. The Hall–Kier alpha value is -2.47. The summed E-state index contributed by atoms with van der Waals surface area (Å²) in [5.41, 5.74) is 0.826. The molecule has 23 heavy (non-hydrogen) atoms. The highest BCUT2D eigenvalue weighted by Gasteiger charge is 2.22. The van der Waals surface area contributed by atoms with Crippen LogP contribution in [-0.2, 0) is 9.53 Å². The summed E-state index contributed by atoms with van der Waals surface area (Å²) in [6, 6.07) is 11.0. The number of carbonyl (C=O) groups is 1. The molecule has 5 nitrogen and oxygen atoms in total. The molecule has 2 aromatic heterocycles. The van der Waals surface area contributed by atoms with Gasteiger partial charge in [-0.15, -0.1) is 11.3 Å². The molecule has 1 aromatic carbocycles. The zero-order valence-electron chi connectivity index (χ0n) is 12.9. The first-order valence-corrected chi connectivity index (χ1v) is 8.11. The molecule has 3 rings (SSSR count). The van der Waals surface area contributed by atoms with Crippen molar-refractivity contribution in [1.29, 1.82) is 0 Å². The van der Waals surface area contributed by atoms with Gasteiger partial charge in [-0.1, -0.05) is 37.3 Å². The zero-order chi connectivity index (χ0) is 16.4. The summed E-state index contributed by atoms with van der Waals surface area (Å²) in [7, 11) is 1.32. The molecule has 0 bridgehead atoms. The molecule has 1 atom stereocenters. The lowest BCUT2D eigenvalue weighted by atomic mass is 10.2. The van der Waals surface area contributed by atoms with E-state index in [1.165, 1.54) is 29.3 Å². The fourth-order valence-electron chi connectivity index (χ4n) is 2.52. The first-order valence-electron chi connectivity index (χ1n) is 7.29. The summed E-state index contributed by atoms with van der Waals surface area (Å²) < 4.78 is 6.13. The van der Waals surface area contributed by atoms with Gasteiger partial charge in [0.2, 0.25) is 0 Å². The van der Waals surface area contributed by atoms with Crippen molar-refractivity contribution in [3.63, 3.8) is 0 Å². The van der Waals surface area contributed by atoms with E-state index in [9.17, 15) is 9.59 Å². The van der Waals surface area contributed by atoms with Crippen LogP contribution in [0.25, 0.3) is 20.7 Å². The second kappa shape index (κ2) is 6.34. The summed E-state index contributed by atoms with van der Waals surface area (Å²) in [5, 5.41) is 0.527. The number of hydrogen-bond donors (Lipinski definition) is 0. The molecule has 0 spiro atoms. The van der Waals surface area contributed by atoms with Crippen LogP contribution in [-0.4, -0.2) is 22.6 Å². The maximum Gasteiger partial charge on any atom is 0.329 e. The molecule has 0 unspecified atom stereocenters. The van der Waals surface area contributed by atoms with Crippen LogP contribution in [0.3, 0.4) is 0 Å². The van der Waals surface area contributed by atoms with Crippen LogP contribution >= 0.6 is 11.3 Å². The molecular formula is C17H16N2O3S. The van der Waals surface area contributed by atoms with E-state index in [-0.39, 0.29) is 5.56 Å². The van der Waals surface area contributed by atoms with E-state index >= 15 is 0 Å². The van der Waals surface area contributed by atoms with Gasteiger partial charge in [-0.2, -0.15) is 0 Å². The van der Waals surface area contributed by atoms with Crippen LogP contribution < -0.4 is 5.56 Å². The molecule has 0 aliphatic heterocycles. The van der Waals surface area contributed by atoms with E-state index in [2.05, 4.69) is 4.98 Å². The highest BCUT2D eigenvalue weighted by Crippen LogP contribution is 2.30. The van der Waals surface area contributed by atoms with Crippen molar-refractivity contribution in [2.45, 2.75) is 19.4 Å². The minimum atomic E-state index is -0.649. The van der Waals surface area contributed by atoms with Crippen LogP contribution in [0.2, 0.25) is 0 Å². The SMILES string of the molecule is CC[C@H](C(=O)OC)n1cnc2sc(-c3ccccc3)cc2c1=O. The standard InChI is InChI=1S/C17H16N2O3S/c1-3-13(17(21)22-2)19-10-18-15-12(16(19)20)9-14(23-15)11-7-5-4-6-8-11/h4-10,13H,3H2,1-2H3/t13-/m1/s1. The summed E-state index contributed by atoms with van der Waals surface area (Å²) in [5.74, 6) is -0.436. The molecule has 118 valence electrons. The van der Waals surface area contributed by atoms with Crippen molar-refractivity contribution in [2.75, 3.05) is 7.11 Å². The predicted molar refractivity (Wildman–Crippen MR) is 90.7 cm³/mol. The van der Waals surface area contributed by atoms with Crippen molar-refractivity contribution in [3.05, 3.63) is 53.1 Å². The molecule has 3 aromatic rings. The van der Waals surface area contributed by atoms with E-state index in [0.29, 0.717) is 16.6 Å². The van der Waals surface area contributed by atoms with Gasteiger partial charge in [-0.05, 0) is 18.1 Å². The first-order chi connectivity index (χ1) is 11.2. The molecule has 0 saturated heterocycles. The zero-order valence-corrected chi connectivity index (χ0v) is 13.7. The van der Waals surface area contributed by atoms with Gasteiger partial charge in [0.05, 0.1) is 18.8 Å². The number of ether oxygens (including phenoxy) is 1. The Morgan fingerprint density at radius 2 is 2.09 bits per heavy atom. The fraction of sp³-hybridized carbons (Fsp3) is 0.235. The minimum absolute atomic E-state index is 0.217. The highest BCUT2D eigenvalue weighted by molar-refractivity contribution is 7.21. The van der Waals surface area contributed by atoms with Crippen molar-refractivity contribution in [3.8, 4) is 10.4 Å². The van der Waals surface area contributed by atoms with Crippen LogP contribution in [0, 0.1) is 0 Å². The van der Waals surface area contributed by atoms with Crippen LogP contribution in [0.4, 0.5) is 0 Å². The Labute approximate surface area is 137 Å². The summed E-state index contributed by atoms with van der Waals surface area (Å²) in [4.78, 5) is 30.6. The number of methoxy groups -OCH3 is 1. The van der Waals surface area contributed by atoms with E-state index in [0.717, 1.165) is 10.4 Å². The largest absolute Gasteiger partial charge is 0.467 e. The number of aromatic nitrogens is 2. The van der Waals surface area contributed by atoms with Gasteiger partial charge in [0, 0.05) is 4.88 Å². The fourth-order valence-corrected chi connectivity index (χ4v) is 3.51. The molecule has 2 heterocycles. The maximum atomic E-state index is 12.7. The normalized spacial score (nSPS) is 12.3. The number of fused-ring (bicyclic) bond motifs is 1.